The Morgan fingerprint density at radius 3 is 2.56 bits per heavy atom. The van der Waals surface area contributed by atoms with Gasteiger partial charge in [-0.2, -0.15) is 0 Å². The summed E-state index contributed by atoms with van der Waals surface area (Å²) >= 11 is 0. The van der Waals surface area contributed by atoms with Crippen LogP contribution in [0.3, 0.4) is 0 Å². The molecule has 1 aliphatic carbocycles. The maximum Gasteiger partial charge on any atom is 0.309 e. The van der Waals surface area contributed by atoms with Gasteiger partial charge in [0.1, 0.15) is 30.5 Å². The standard InChI is InChI=1S/C28H41NO7/c1-15-7-8-22(16(2)10-20-14-35-24(13-30)29-20)36-25(32)12-23(31)28(5,6)27(34)18(4)26(33)17(3)21-11-19(21)9-15/h7,10,14,17-19,21-23,26,30-31,33H,8-9,11-13H2,1-6H3/b15-7-,16-10+/t17-,18+,19?,21?,22+,23-,26-/m0/s1. The predicted molar refractivity (Wildman–Crippen MR) is 134 cm³/mol. The SMILES string of the molecule is C/C1=C/C[C@H](/C(C)=C/c2coc(CO)n2)OC(=O)C[C@H](O)C(C)(C)C(=O)[C@H](C)[C@@H](O)[C@@H](C)C2CC2C1. The summed E-state index contributed by atoms with van der Waals surface area (Å²) in [6.07, 6.45) is 4.61. The van der Waals surface area contributed by atoms with Gasteiger partial charge in [-0.15, -0.1) is 0 Å². The molecule has 1 aromatic rings. The van der Waals surface area contributed by atoms with Crippen LogP contribution in [0.25, 0.3) is 6.08 Å². The van der Waals surface area contributed by atoms with E-state index in [9.17, 15) is 24.9 Å². The molecule has 2 aliphatic rings. The molecule has 0 bridgehead atoms. The highest BCUT2D eigenvalue weighted by molar-refractivity contribution is 5.88. The van der Waals surface area contributed by atoms with Gasteiger partial charge in [0, 0.05) is 12.3 Å². The number of aliphatic hydroxyl groups is 3. The van der Waals surface area contributed by atoms with Crippen molar-refractivity contribution >= 4 is 17.8 Å². The Morgan fingerprint density at radius 1 is 1.22 bits per heavy atom. The summed E-state index contributed by atoms with van der Waals surface area (Å²) in [5.74, 6) is -0.568. The summed E-state index contributed by atoms with van der Waals surface area (Å²) in [5, 5.41) is 31.0. The summed E-state index contributed by atoms with van der Waals surface area (Å²) in [7, 11) is 0. The molecule has 3 rings (SSSR count). The Bertz CT molecular complexity index is 1010. The van der Waals surface area contributed by atoms with Crippen LogP contribution in [-0.2, 0) is 20.9 Å². The molecule has 1 aliphatic heterocycles. The van der Waals surface area contributed by atoms with Gasteiger partial charge >= 0.3 is 5.97 Å². The number of hydrogen-bond donors (Lipinski definition) is 3. The number of cyclic esters (lactones) is 1. The number of fused-ring (bicyclic) bond motifs is 1. The first-order valence-corrected chi connectivity index (χ1v) is 12.8. The summed E-state index contributed by atoms with van der Waals surface area (Å²) in [4.78, 5) is 30.3. The monoisotopic (exact) mass is 503 g/mol. The summed E-state index contributed by atoms with van der Waals surface area (Å²) in [5.41, 5.74) is 1.21. The van der Waals surface area contributed by atoms with E-state index >= 15 is 0 Å². The molecule has 36 heavy (non-hydrogen) atoms. The van der Waals surface area contributed by atoms with E-state index in [0.29, 0.717) is 24.0 Å². The predicted octanol–water partition coefficient (Wildman–Crippen LogP) is 3.84. The zero-order valence-electron chi connectivity index (χ0n) is 22.2. The maximum absolute atomic E-state index is 13.3. The van der Waals surface area contributed by atoms with Crippen molar-refractivity contribution in [3.05, 3.63) is 35.1 Å². The van der Waals surface area contributed by atoms with E-state index < -0.39 is 35.6 Å². The molecule has 1 saturated carbocycles. The number of nitrogens with zero attached hydrogens (tertiary/aromatic N) is 1. The fourth-order valence-corrected chi connectivity index (χ4v) is 5.31. The van der Waals surface area contributed by atoms with Crippen molar-refractivity contribution in [1.82, 2.24) is 4.98 Å². The third kappa shape index (κ3) is 6.52. The number of rotatable bonds is 3. The van der Waals surface area contributed by atoms with Crippen LogP contribution >= 0.6 is 0 Å². The molecule has 0 amide bonds. The number of aliphatic hydroxyl groups excluding tert-OH is 3. The van der Waals surface area contributed by atoms with Crippen LogP contribution in [0.5, 0.6) is 0 Å². The maximum atomic E-state index is 13.3. The van der Waals surface area contributed by atoms with Gasteiger partial charge in [0.15, 0.2) is 0 Å². The van der Waals surface area contributed by atoms with Crippen LogP contribution in [0.2, 0.25) is 0 Å². The molecule has 2 heterocycles. The van der Waals surface area contributed by atoms with Crippen molar-refractivity contribution < 1.29 is 34.1 Å². The van der Waals surface area contributed by atoms with E-state index in [1.54, 1.807) is 26.8 Å². The Hall–Kier alpha value is -2.29. The lowest BCUT2D eigenvalue weighted by atomic mass is 9.72. The fourth-order valence-electron chi connectivity index (χ4n) is 5.31. The first-order valence-electron chi connectivity index (χ1n) is 12.8. The highest BCUT2D eigenvalue weighted by Crippen LogP contribution is 2.50. The zero-order chi connectivity index (χ0) is 26.8. The number of carbonyl (C=O) groups is 2. The van der Waals surface area contributed by atoms with Gasteiger partial charge in [-0.25, -0.2) is 4.98 Å². The fraction of sp³-hybridized carbons (Fsp3) is 0.679. The number of hydrogen-bond acceptors (Lipinski definition) is 8. The average Bonchev–Trinajstić information content (AvgIpc) is 3.44. The molecule has 0 spiro atoms. The van der Waals surface area contributed by atoms with Gasteiger partial charge in [0.25, 0.3) is 0 Å². The van der Waals surface area contributed by atoms with Crippen molar-refractivity contribution in [1.29, 1.82) is 0 Å². The number of aromatic nitrogens is 1. The number of carbonyl (C=O) groups excluding carboxylic acids is 2. The largest absolute Gasteiger partial charge is 0.457 e. The minimum absolute atomic E-state index is 0.0308. The second-order valence-electron chi connectivity index (χ2n) is 11.3. The van der Waals surface area contributed by atoms with Crippen LogP contribution in [-0.4, -0.2) is 50.4 Å². The molecule has 0 radical (unpaired) electrons. The van der Waals surface area contributed by atoms with Crippen molar-refractivity contribution in [3.63, 3.8) is 0 Å². The van der Waals surface area contributed by atoms with Crippen molar-refractivity contribution in [3.8, 4) is 0 Å². The topological polar surface area (TPSA) is 130 Å². The highest BCUT2D eigenvalue weighted by atomic mass is 16.5. The van der Waals surface area contributed by atoms with Crippen LogP contribution in [0.4, 0.5) is 0 Å². The van der Waals surface area contributed by atoms with E-state index in [-0.39, 0.29) is 30.6 Å². The molecule has 200 valence electrons. The van der Waals surface area contributed by atoms with E-state index in [1.807, 2.05) is 13.8 Å². The Labute approximate surface area is 213 Å². The van der Waals surface area contributed by atoms with Gasteiger partial charge in [-0.1, -0.05) is 39.3 Å². The van der Waals surface area contributed by atoms with Crippen LogP contribution in [0.1, 0.15) is 78.8 Å². The van der Waals surface area contributed by atoms with E-state index in [4.69, 9.17) is 9.15 Å². The summed E-state index contributed by atoms with van der Waals surface area (Å²) in [6.45, 7) is 10.5. The average molecular weight is 504 g/mol. The number of ketones is 1. The first-order chi connectivity index (χ1) is 16.8. The highest BCUT2D eigenvalue weighted by Gasteiger charge is 2.47. The first kappa shape index (κ1) is 28.3. The molecular formula is C28H41NO7. The molecular weight excluding hydrogens is 462 g/mol. The molecule has 8 nitrogen and oxygen atoms in total. The Balaban J connectivity index is 1.88. The zero-order valence-corrected chi connectivity index (χ0v) is 22.2. The molecule has 1 fully saturated rings. The van der Waals surface area contributed by atoms with E-state index in [0.717, 1.165) is 18.4 Å². The minimum Gasteiger partial charge on any atom is -0.457 e. The normalized spacial score (nSPS) is 36.0. The van der Waals surface area contributed by atoms with E-state index in [2.05, 4.69) is 18.0 Å². The van der Waals surface area contributed by atoms with Gasteiger partial charge < -0.3 is 24.5 Å². The second-order valence-corrected chi connectivity index (χ2v) is 11.3. The quantitative estimate of drug-likeness (QED) is 0.419. The lowest BCUT2D eigenvalue weighted by Gasteiger charge is -2.34. The minimum atomic E-state index is -1.26. The Kier molecular flexibility index (Phi) is 8.96. The van der Waals surface area contributed by atoms with Gasteiger partial charge in [-0.3, -0.25) is 9.59 Å². The summed E-state index contributed by atoms with van der Waals surface area (Å²) in [6, 6.07) is 0. The van der Waals surface area contributed by atoms with Crippen molar-refractivity contribution in [2.45, 2.75) is 92.1 Å². The number of oxazole rings is 1. The Morgan fingerprint density at radius 2 is 1.92 bits per heavy atom. The summed E-state index contributed by atoms with van der Waals surface area (Å²) < 4.78 is 11.0. The van der Waals surface area contributed by atoms with Crippen LogP contribution < -0.4 is 0 Å². The second kappa shape index (κ2) is 11.4. The number of esters is 1. The third-order valence-electron chi connectivity index (χ3n) is 8.07. The molecule has 0 saturated heterocycles. The lowest BCUT2D eigenvalue weighted by Crippen LogP contribution is -2.46. The van der Waals surface area contributed by atoms with E-state index in [1.165, 1.54) is 11.8 Å². The van der Waals surface area contributed by atoms with Crippen molar-refractivity contribution in [2.24, 2.45) is 29.1 Å². The smallest absolute Gasteiger partial charge is 0.309 e. The molecule has 3 N–H and O–H groups in total. The van der Waals surface area contributed by atoms with Crippen molar-refractivity contribution in [2.75, 3.05) is 0 Å². The molecule has 8 heteroatoms. The molecule has 1 aromatic heterocycles. The molecule has 2 unspecified atom stereocenters. The third-order valence-corrected chi connectivity index (χ3v) is 8.07. The van der Waals surface area contributed by atoms with Gasteiger partial charge in [-0.05, 0) is 56.1 Å². The van der Waals surface area contributed by atoms with Gasteiger partial charge in [0.2, 0.25) is 5.89 Å². The van der Waals surface area contributed by atoms with Gasteiger partial charge in [0.05, 0.1) is 24.0 Å². The number of Topliss-reactive ketones (excluding diaryl/α,β-unsaturated/α-hetero) is 1. The lowest BCUT2D eigenvalue weighted by molar-refractivity contribution is -0.154. The number of allylic oxidation sites excluding steroid dienone is 1. The van der Waals surface area contributed by atoms with Crippen LogP contribution in [0.15, 0.2) is 27.9 Å². The molecule has 0 aromatic carbocycles. The number of ether oxygens (including phenoxy) is 1. The van der Waals surface area contributed by atoms with Crippen LogP contribution in [0, 0.1) is 29.1 Å². The molecule has 7 atom stereocenters.